The van der Waals surface area contributed by atoms with Crippen LogP contribution in [-0.4, -0.2) is 47.6 Å². The third-order valence-corrected chi connectivity index (χ3v) is 5.40. The quantitative estimate of drug-likeness (QED) is 0.688. The monoisotopic (exact) mass is 416 g/mol. The molecule has 1 fully saturated rings. The lowest BCUT2D eigenvalue weighted by molar-refractivity contribution is -0.145. The molecular weight excluding hydrogens is 388 g/mol. The number of halogens is 1. The summed E-state index contributed by atoms with van der Waals surface area (Å²) in [5.41, 5.74) is 2.45. The van der Waals surface area contributed by atoms with Crippen molar-refractivity contribution in [1.29, 1.82) is 0 Å². The van der Waals surface area contributed by atoms with Gasteiger partial charge < -0.3 is 10.4 Å². The summed E-state index contributed by atoms with van der Waals surface area (Å²) >= 11 is 0. The predicted octanol–water partition coefficient (Wildman–Crippen LogP) is 3.69. The standard InChI is InChI=1S/C23H28N2O3.ClH/c26-22(17-25-16-8-7-13-21(25)23(27)28)24-15-14-20(18-9-3-1-4-10-18)19-11-5-2-6-12-19;/h1-6,9-12,20-21H,7-8,13-17H2,(H,24,26)(H,27,28);1H. The zero-order valence-corrected chi connectivity index (χ0v) is 17.3. The maximum Gasteiger partial charge on any atom is 0.320 e. The number of carboxylic acids is 1. The molecule has 1 saturated heterocycles. The van der Waals surface area contributed by atoms with Crippen LogP contribution < -0.4 is 5.32 Å². The first-order valence-electron chi connectivity index (χ1n) is 9.98. The van der Waals surface area contributed by atoms with Gasteiger partial charge in [-0.15, -0.1) is 12.4 Å². The number of carbonyl (C=O) groups is 2. The Morgan fingerprint density at radius 3 is 2.14 bits per heavy atom. The minimum Gasteiger partial charge on any atom is -0.480 e. The summed E-state index contributed by atoms with van der Waals surface area (Å²) in [5.74, 6) is -0.724. The Labute approximate surface area is 178 Å². The number of nitrogens with zero attached hydrogens (tertiary/aromatic N) is 1. The van der Waals surface area contributed by atoms with Gasteiger partial charge in [-0.25, -0.2) is 0 Å². The number of likely N-dealkylation sites (tertiary alicyclic amines) is 1. The van der Waals surface area contributed by atoms with E-state index in [0.29, 0.717) is 19.5 Å². The Bertz CT molecular complexity index is 731. The fourth-order valence-electron chi connectivity index (χ4n) is 3.95. The van der Waals surface area contributed by atoms with Crippen LogP contribution in [0.3, 0.4) is 0 Å². The minimum atomic E-state index is -0.833. The van der Waals surface area contributed by atoms with Gasteiger partial charge in [-0.1, -0.05) is 67.1 Å². The van der Waals surface area contributed by atoms with E-state index < -0.39 is 12.0 Å². The normalized spacial score (nSPS) is 16.8. The van der Waals surface area contributed by atoms with Crippen molar-refractivity contribution in [3.05, 3.63) is 71.8 Å². The second-order valence-electron chi connectivity index (χ2n) is 7.33. The van der Waals surface area contributed by atoms with Gasteiger partial charge in [-0.2, -0.15) is 0 Å². The highest BCUT2D eigenvalue weighted by Crippen LogP contribution is 2.27. The summed E-state index contributed by atoms with van der Waals surface area (Å²) in [5, 5.41) is 12.3. The minimum absolute atomic E-state index is 0. The van der Waals surface area contributed by atoms with Crippen LogP contribution in [0.25, 0.3) is 0 Å². The van der Waals surface area contributed by atoms with Gasteiger partial charge >= 0.3 is 5.97 Å². The van der Waals surface area contributed by atoms with Crippen LogP contribution in [-0.2, 0) is 9.59 Å². The molecule has 0 spiro atoms. The van der Waals surface area contributed by atoms with Crippen LogP contribution in [0.15, 0.2) is 60.7 Å². The number of nitrogens with one attached hydrogen (secondary N) is 1. The van der Waals surface area contributed by atoms with Crippen LogP contribution in [0.4, 0.5) is 0 Å². The number of aliphatic carboxylic acids is 1. The molecule has 2 N–H and O–H groups in total. The molecule has 1 amide bonds. The van der Waals surface area contributed by atoms with Gasteiger partial charge in [0.25, 0.3) is 0 Å². The van der Waals surface area contributed by atoms with Crippen LogP contribution in [0, 0.1) is 0 Å². The van der Waals surface area contributed by atoms with Crippen molar-refractivity contribution in [3.63, 3.8) is 0 Å². The van der Waals surface area contributed by atoms with Gasteiger partial charge in [0, 0.05) is 12.5 Å². The second-order valence-corrected chi connectivity index (χ2v) is 7.33. The molecule has 1 aliphatic heterocycles. The van der Waals surface area contributed by atoms with E-state index in [0.717, 1.165) is 19.3 Å². The second kappa shape index (κ2) is 11.6. The van der Waals surface area contributed by atoms with Gasteiger partial charge in [-0.05, 0) is 36.9 Å². The van der Waals surface area contributed by atoms with Crippen LogP contribution in [0.2, 0.25) is 0 Å². The number of hydrogen-bond acceptors (Lipinski definition) is 3. The molecule has 2 aromatic carbocycles. The van der Waals surface area contributed by atoms with Crippen molar-refractivity contribution in [3.8, 4) is 0 Å². The maximum absolute atomic E-state index is 12.4. The number of benzene rings is 2. The summed E-state index contributed by atoms with van der Waals surface area (Å²) in [7, 11) is 0. The van der Waals surface area contributed by atoms with Gasteiger partial charge in [0.2, 0.25) is 5.91 Å². The molecule has 1 aliphatic rings. The first kappa shape index (κ1) is 22.9. The van der Waals surface area contributed by atoms with E-state index in [1.165, 1.54) is 11.1 Å². The number of amides is 1. The number of hydrogen-bond donors (Lipinski definition) is 2. The van der Waals surface area contributed by atoms with E-state index in [-0.39, 0.29) is 30.8 Å². The number of carboxylic acid groups (broad SMARTS) is 1. The lowest BCUT2D eigenvalue weighted by Crippen LogP contribution is -2.49. The first-order valence-corrected chi connectivity index (χ1v) is 9.98. The van der Waals surface area contributed by atoms with Crippen LogP contribution in [0.1, 0.15) is 42.7 Å². The average molecular weight is 417 g/mol. The maximum atomic E-state index is 12.4. The smallest absolute Gasteiger partial charge is 0.320 e. The molecular formula is C23H29ClN2O3. The molecule has 1 heterocycles. The molecule has 0 saturated carbocycles. The average Bonchev–Trinajstić information content (AvgIpc) is 2.73. The molecule has 0 aromatic heterocycles. The van der Waals surface area contributed by atoms with Crippen molar-refractivity contribution in [2.75, 3.05) is 19.6 Å². The number of piperidine rings is 1. The van der Waals surface area contributed by atoms with E-state index in [1.807, 2.05) is 36.4 Å². The van der Waals surface area contributed by atoms with E-state index in [1.54, 1.807) is 4.90 Å². The molecule has 156 valence electrons. The highest BCUT2D eigenvalue weighted by atomic mass is 35.5. The van der Waals surface area contributed by atoms with Gasteiger partial charge in [-0.3, -0.25) is 14.5 Å². The molecule has 0 bridgehead atoms. The summed E-state index contributed by atoms with van der Waals surface area (Å²) in [6.45, 7) is 1.37. The summed E-state index contributed by atoms with van der Waals surface area (Å²) < 4.78 is 0. The molecule has 29 heavy (non-hydrogen) atoms. The highest BCUT2D eigenvalue weighted by molar-refractivity contribution is 5.85. The molecule has 3 rings (SSSR count). The van der Waals surface area contributed by atoms with Crippen molar-refractivity contribution in [2.24, 2.45) is 0 Å². The molecule has 0 radical (unpaired) electrons. The van der Waals surface area contributed by atoms with E-state index in [9.17, 15) is 14.7 Å². The van der Waals surface area contributed by atoms with Crippen LogP contribution in [0.5, 0.6) is 0 Å². The van der Waals surface area contributed by atoms with Crippen molar-refractivity contribution < 1.29 is 14.7 Å². The fraction of sp³-hybridized carbons (Fsp3) is 0.391. The first-order chi connectivity index (χ1) is 13.6. The summed E-state index contributed by atoms with van der Waals surface area (Å²) in [6.07, 6.45) is 3.26. The fourth-order valence-corrected chi connectivity index (χ4v) is 3.95. The highest BCUT2D eigenvalue weighted by Gasteiger charge is 2.29. The zero-order chi connectivity index (χ0) is 19.8. The Kier molecular flexibility index (Phi) is 9.16. The zero-order valence-electron chi connectivity index (χ0n) is 16.5. The Morgan fingerprint density at radius 1 is 1.00 bits per heavy atom. The van der Waals surface area contributed by atoms with Gasteiger partial charge in [0.15, 0.2) is 0 Å². The summed E-state index contributed by atoms with van der Waals surface area (Å²) in [6, 6.07) is 20.1. The third kappa shape index (κ3) is 6.58. The molecule has 1 atom stereocenters. The summed E-state index contributed by atoms with van der Waals surface area (Å²) in [4.78, 5) is 25.6. The SMILES string of the molecule is Cl.O=C(CN1CCCCC1C(=O)O)NCCC(c1ccccc1)c1ccccc1. The lowest BCUT2D eigenvalue weighted by Gasteiger charge is -2.32. The molecule has 2 aromatic rings. The third-order valence-electron chi connectivity index (χ3n) is 5.40. The topological polar surface area (TPSA) is 69.6 Å². The molecule has 1 unspecified atom stereocenters. The van der Waals surface area contributed by atoms with Crippen LogP contribution >= 0.6 is 12.4 Å². The van der Waals surface area contributed by atoms with Gasteiger partial charge in [0.05, 0.1) is 6.54 Å². The number of rotatable bonds is 8. The van der Waals surface area contributed by atoms with Crippen molar-refractivity contribution >= 4 is 24.3 Å². The Morgan fingerprint density at radius 2 is 1.59 bits per heavy atom. The Hall–Kier alpha value is -2.37. The molecule has 0 aliphatic carbocycles. The molecule has 6 heteroatoms. The van der Waals surface area contributed by atoms with E-state index in [4.69, 9.17) is 0 Å². The van der Waals surface area contributed by atoms with Crippen molar-refractivity contribution in [1.82, 2.24) is 10.2 Å². The van der Waals surface area contributed by atoms with E-state index >= 15 is 0 Å². The molecule has 5 nitrogen and oxygen atoms in total. The lowest BCUT2D eigenvalue weighted by atomic mass is 9.88. The van der Waals surface area contributed by atoms with E-state index in [2.05, 4.69) is 29.6 Å². The largest absolute Gasteiger partial charge is 0.480 e. The number of carbonyl (C=O) groups excluding carboxylic acids is 1. The Balaban J connectivity index is 0.00000300. The van der Waals surface area contributed by atoms with Crippen molar-refractivity contribution in [2.45, 2.75) is 37.6 Å². The van der Waals surface area contributed by atoms with Gasteiger partial charge in [0.1, 0.15) is 6.04 Å². The predicted molar refractivity (Wildman–Crippen MR) is 116 cm³/mol.